The minimum absolute atomic E-state index is 0.406. The van der Waals surface area contributed by atoms with E-state index in [1.54, 1.807) is 0 Å². The summed E-state index contributed by atoms with van der Waals surface area (Å²) in [4.78, 5) is 17.1. The zero-order chi connectivity index (χ0) is 15.8. The first-order chi connectivity index (χ1) is 11.2. The van der Waals surface area contributed by atoms with Crippen LogP contribution < -0.4 is 0 Å². The van der Waals surface area contributed by atoms with Crippen molar-refractivity contribution >= 4 is 5.91 Å². The Balaban J connectivity index is 1.23. The minimum atomic E-state index is 0.406. The number of aryl methyl sites for hydroxylation is 1. The molecule has 23 heavy (non-hydrogen) atoms. The molecule has 5 nitrogen and oxygen atoms in total. The maximum absolute atomic E-state index is 12.6. The molecule has 2 heterocycles. The van der Waals surface area contributed by atoms with E-state index in [1.807, 2.05) is 17.9 Å². The van der Waals surface area contributed by atoms with Gasteiger partial charge in [0.1, 0.15) is 0 Å². The molecule has 3 aliphatic rings. The zero-order valence-corrected chi connectivity index (χ0v) is 14.2. The Morgan fingerprint density at radius 1 is 1.22 bits per heavy atom. The number of aromatic nitrogens is 2. The van der Waals surface area contributed by atoms with Crippen molar-refractivity contribution in [3.8, 4) is 0 Å². The molecule has 0 N–H and O–H groups in total. The highest BCUT2D eigenvalue weighted by atomic mass is 16.2. The molecule has 3 fully saturated rings. The van der Waals surface area contributed by atoms with Gasteiger partial charge in [-0.05, 0) is 37.0 Å². The van der Waals surface area contributed by atoms with Gasteiger partial charge in [0.2, 0.25) is 5.91 Å². The molecule has 2 aliphatic carbocycles. The zero-order valence-electron chi connectivity index (χ0n) is 14.2. The van der Waals surface area contributed by atoms with Gasteiger partial charge < -0.3 is 4.90 Å². The van der Waals surface area contributed by atoms with Gasteiger partial charge in [-0.25, -0.2) is 0 Å². The van der Waals surface area contributed by atoms with Crippen LogP contribution in [0.2, 0.25) is 0 Å². The minimum Gasteiger partial charge on any atom is -0.340 e. The highest BCUT2D eigenvalue weighted by Gasteiger charge is 2.40. The third kappa shape index (κ3) is 3.30. The lowest BCUT2D eigenvalue weighted by atomic mass is 9.86. The van der Waals surface area contributed by atoms with E-state index in [9.17, 15) is 4.79 Å². The molecule has 2 bridgehead atoms. The van der Waals surface area contributed by atoms with Crippen LogP contribution >= 0.6 is 0 Å². The van der Waals surface area contributed by atoms with Crippen molar-refractivity contribution in [3.05, 3.63) is 18.0 Å². The molecule has 3 unspecified atom stereocenters. The number of hydrogen-bond donors (Lipinski definition) is 0. The molecule has 126 valence electrons. The number of hydrogen-bond acceptors (Lipinski definition) is 3. The molecule has 1 aromatic heterocycles. The summed E-state index contributed by atoms with van der Waals surface area (Å²) in [5.41, 5.74) is 1.26. The van der Waals surface area contributed by atoms with Gasteiger partial charge in [-0.15, -0.1) is 0 Å². The van der Waals surface area contributed by atoms with E-state index in [0.717, 1.165) is 51.0 Å². The molecule has 0 spiro atoms. The van der Waals surface area contributed by atoms with Gasteiger partial charge >= 0.3 is 0 Å². The number of carbonyl (C=O) groups is 1. The molecule has 1 aliphatic heterocycles. The van der Waals surface area contributed by atoms with Crippen LogP contribution in [-0.4, -0.2) is 51.7 Å². The first kappa shape index (κ1) is 15.2. The van der Waals surface area contributed by atoms with Gasteiger partial charge in [-0.2, -0.15) is 5.10 Å². The summed E-state index contributed by atoms with van der Waals surface area (Å²) in [6, 6.07) is 0. The molecular formula is C18H28N4O. The van der Waals surface area contributed by atoms with Crippen LogP contribution in [0.3, 0.4) is 0 Å². The van der Waals surface area contributed by atoms with Crippen LogP contribution in [-0.2, 0) is 18.4 Å². The van der Waals surface area contributed by atoms with Crippen LogP contribution in [0.25, 0.3) is 0 Å². The van der Waals surface area contributed by atoms with E-state index >= 15 is 0 Å². The number of amides is 1. The van der Waals surface area contributed by atoms with Gasteiger partial charge in [0.05, 0.1) is 6.20 Å². The summed E-state index contributed by atoms with van der Waals surface area (Å²) in [5.74, 6) is 2.89. The maximum atomic E-state index is 12.6. The number of carbonyl (C=O) groups excluding carboxylic acids is 1. The lowest BCUT2D eigenvalue weighted by molar-refractivity contribution is -0.134. The summed E-state index contributed by atoms with van der Waals surface area (Å²) >= 11 is 0. The first-order valence-corrected chi connectivity index (χ1v) is 9.15. The van der Waals surface area contributed by atoms with Crippen LogP contribution in [0.4, 0.5) is 0 Å². The van der Waals surface area contributed by atoms with Crippen LogP contribution in [0.5, 0.6) is 0 Å². The predicted molar refractivity (Wildman–Crippen MR) is 88.6 cm³/mol. The van der Waals surface area contributed by atoms with Gasteiger partial charge in [0, 0.05) is 58.0 Å². The maximum Gasteiger partial charge on any atom is 0.222 e. The molecule has 0 aromatic carbocycles. The van der Waals surface area contributed by atoms with Crippen LogP contribution in [0.15, 0.2) is 12.4 Å². The van der Waals surface area contributed by atoms with Crippen LogP contribution in [0, 0.1) is 17.8 Å². The van der Waals surface area contributed by atoms with Crippen molar-refractivity contribution in [3.63, 3.8) is 0 Å². The van der Waals surface area contributed by atoms with Crippen LogP contribution in [0.1, 0.15) is 37.7 Å². The smallest absolute Gasteiger partial charge is 0.222 e. The lowest BCUT2D eigenvalue weighted by Crippen LogP contribution is -2.48. The molecule has 4 rings (SSSR count). The normalized spacial score (nSPS) is 31.0. The van der Waals surface area contributed by atoms with Crippen molar-refractivity contribution in [2.75, 3.05) is 26.2 Å². The summed E-state index contributed by atoms with van der Waals surface area (Å²) in [7, 11) is 1.95. The highest BCUT2D eigenvalue weighted by molar-refractivity contribution is 5.76. The second-order valence-electron chi connectivity index (χ2n) is 7.82. The molecule has 3 atom stereocenters. The standard InChI is InChI=1S/C18H28N4O/c1-20-12-15(11-19-20)13-21-4-6-22(7-5-21)18(23)10-17-9-14-2-3-16(17)8-14/h11-12,14,16-17H,2-10,13H2,1H3. The van der Waals surface area contributed by atoms with E-state index in [1.165, 1.54) is 31.2 Å². The number of fused-ring (bicyclic) bond motifs is 2. The quantitative estimate of drug-likeness (QED) is 0.852. The largest absolute Gasteiger partial charge is 0.340 e. The average Bonchev–Trinajstić information content (AvgIpc) is 3.25. The fourth-order valence-electron chi connectivity index (χ4n) is 4.95. The van der Waals surface area contributed by atoms with E-state index in [2.05, 4.69) is 21.1 Å². The average molecular weight is 316 g/mol. The summed E-state index contributed by atoms with van der Waals surface area (Å²) in [6.45, 7) is 4.69. The highest BCUT2D eigenvalue weighted by Crippen LogP contribution is 2.49. The third-order valence-corrected chi connectivity index (χ3v) is 6.21. The fourth-order valence-corrected chi connectivity index (χ4v) is 4.95. The van der Waals surface area contributed by atoms with E-state index < -0.39 is 0 Å². The first-order valence-electron chi connectivity index (χ1n) is 9.15. The third-order valence-electron chi connectivity index (χ3n) is 6.21. The Kier molecular flexibility index (Phi) is 4.14. The number of nitrogens with zero attached hydrogens (tertiary/aromatic N) is 4. The van der Waals surface area contributed by atoms with Crippen molar-refractivity contribution in [2.24, 2.45) is 24.8 Å². The molecule has 2 saturated carbocycles. The van der Waals surface area contributed by atoms with E-state index in [0.29, 0.717) is 11.8 Å². The SMILES string of the molecule is Cn1cc(CN2CCN(C(=O)CC3CC4CCC3C4)CC2)cn1. The monoisotopic (exact) mass is 316 g/mol. The predicted octanol–water partition coefficient (Wildman–Crippen LogP) is 1.89. The number of rotatable bonds is 4. The van der Waals surface area contributed by atoms with Gasteiger partial charge in [0.15, 0.2) is 0 Å². The summed E-state index contributed by atoms with van der Waals surface area (Å²) in [6.07, 6.45) is 10.3. The van der Waals surface area contributed by atoms with Gasteiger partial charge in [0.25, 0.3) is 0 Å². The van der Waals surface area contributed by atoms with Crippen molar-refractivity contribution < 1.29 is 4.79 Å². The lowest BCUT2D eigenvalue weighted by Gasteiger charge is -2.35. The van der Waals surface area contributed by atoms with Crippen molar-refractivity contribution in [1.82, 2.24) is 19.6 Å². The molecular weight excluding hydrogens is 288 g/mol. The topological polar surface area (TPSA) is 41.4 Å². The molecule has 0 radical (unpaired) electrons. The molecule has 5 heteroatoms. The summed E-state index contributed by atoms with van der Waals surface area (Å²) < 4.78 is 1.85. The van der Waals surface area contributed by atoms with Crippen molar-refractivity contribution in [2.45, 2.75) is 38.6 Å². The Bertz CT molecular complexity index is 561. The Morgan fingerprint density at radius 3 is 2.65 bits per heavy atom. The second kappa shape index (κ2) is 6.27. The number of piperazine rings is 1. The van der Waals surface area contributed by atoms with Gasteiger partial charge in [-0.1, -0.05) is 6.42 Å². The van der Waals surface area contributed by atoms with E-state index in [4.69, 9.17) is 0 Å². The van der Waals surface area contributed by atoms with Crippen molar-refractivity contribution in [1.29, 1.82) is 0 Å². The van der Waals surface area contributed by atoms with E-state index in [-0.39, 0.29) is 0 Å². The second-order valence-corrected chi connectivity index (χ2v) is 7.82. The summed E-state index contributed by atoms with van der Waals surface area (Å²) in [5, 5.41) is 4.23. The molecule has 1 amide bonds. The van der Waals surface area contributed by atoms with Gasteiger partial charge in [-0.3, -0.25) is 14.4 Å². The Morgan fingerprint density at radius 2 is 2.04 bits per heavy atom. The molecule has 1 aromatic rings. The fraction of sp³-hybridized carbons (Fsp3) is 0.778. The Labute approximate surface area is 138 Å². The Hall–Kier alpha value is -1.36. The molecule has 1 saturated heterocycles.